The third-order valence-corrected chi connectivity index (χ3v) is 2.76. The highest BCUT2D eigenvalue weighted by Gasteiger charge is 2.24. The third-order valence-electron chi connectivity index (χ3n) is 2.76. The van der Waals surface area contributed by atoms with Gasteiger partial charge in [-0.2, -0.15) is 0 Å². The zero-order valence-electron chi connectivity index (χ0n) is 8.37. The van der Waals surface area contributed by atoms with Crippen LogP contribution in [0.15, 0.2) is 0 Å². The van der Waals surface area contributed by atoms with Crippen LogP contribution in [0.5, 0.6) is 0 Å². The van der Waals surface area contributed by atoms with Gasteiger partial charge in [-0.3, -0.25) is 0 Å². The van der Waals surface area contributed by atoms with Crippen LogP contribution < -0.4 is 5.32 Å². The molecule has 2 rings (SSSR count). The summed E-state index contributed by atoms with van der Waals surface area (Å²) in [7, 11) is 0. The fourth-order valence-corrected chi connectivity index (χ4v) is 1.96. The smallest absolute Gasteiger partial charge is 0.320 e. The van der Waals surface area contributed by atoms with E-state index in [4.69, 9.17) is 0 Å². The van der Waals surface area contributed by atoms with E-state index in [9.17, 15) is 4.79 Å². The number of carbonyl (C=O) groups excluding carboxylic acids is 1. The van der Waals surface area contributed by atoms with Gasteiger partial charge in [0.2, 0.25) is 0 Å². The third kappa shape index (κ3) is 2.51. The van der Waals surface area contributed by atoms with Gasteiger partial charge in [0.1, 0.15) is 0 Å². The van der Waals surface area contributed by atoms with Crippen molar-refractivity contribution in [3.63, 3.8) is 0 Å². The van der Waals surface area contributed by atoms with Crippen molar-refractivity contribution in [1.82, 2.24) is 15.1 Å². The van der Waals surface area contributed by atoms with E-state index in [0.717, 1.165) is 39.3 Å². The quantitative estimate of drug-likeness (QED) is 0.645. The number of nitrogens with zero attached hydrogens (tertiary/aromatic N) is 2. The average Bonchev–Trinajstić information content (AvgIpc) is 2.71. The number of likely N-dealkylation sites (tertiary alicyclic amines) is 1. The summed E-state index contributed by atoms with van der Waals surface area (Å²) in [6, 6.07) is 0.249. The van der Waals surface area contributed by atoms with E-state index < -0.39 is 0 Å². The number of amides is 2. The Labute approximate surface area is 91.0 Å². The molecular formula is C9H18ClN3O. The Morgan fingerprint density at radius 2 is 1.43 bits per heavy atom. The predicted octanol–water partition coefficient (Wildman–Crippen LogP) is 0.529. The SMILES string of the molecule is Cl.O=C(N1CCCC1)N1CCNCC1. The largest absolute Gasteiger partial charge is 0.325 e. The maximum absolute atomic E-state index is 11.8. The molecule has 0 aromatic heterocycles. The molecule has 2 aliphatic rings. The Hall–Kier alpha value is -0.480. The summed E-state index contributed by atoms with van der Waals surface area (Å²) in [5.41, 5.74) is 0. The summed E-state index contributed by atoms with van der Waals surface area (Å²) in [4.78, 5) is 15.8. The summed E-state index contributed by atoms with van der Waals surface area (Å²) in [5, 5.41) is 3.25. The molecular weight excluding hydrogens is 202 g/mol. The van der Waals surface area contributed by atoms with Gasteiger partial charge in [-0.15, -0.1) is 12.4 Å². The van der Waals surface area contributed by atoms with E-state index in [0.29, 0.717) is 0 Å². The van der Waals surface area contributed by atoms with Crippen LogP contribution in [0.3, 0.4) is 0 Å². The van der Waals surface area contributed by atoms with E-state index in [1.807, 2.05) is 9.80 Å². The summed E-state index contributed by atoms with van der Waals surface area (Å²) in [6.45, 7) is 5.55. The molecule has 0 saturated carbocycles. The number of piperazine rings is 1. The number of nitrogens with one attached hydrogen (secondary N) is 1. The maximum atomic E-state index is 11.8. The van der Waals surface area contributed by atoms with Crippen LogP contribution in [0.25, 0.3) is 0 Å². The molecule has 0 bridgehead atoms. The van der Waals surface area contributed by atoms with Crippen LogP contribution in [0.1, 0.15) is 12.8 Å². The molecule has 2 saturated heterocycles. The summed E-state index contributed by atoms with van der Waals surface area (Å²) in [5.74, 6) is 0. The highest BCUT2D eigenvalue weighted by Crippen LogP contribution is 2.10. The lowest BCUT2D eigenvalue weighted by Gasteiger charge is -2.31. The van der Waals surface area contributed by atoms with E-state index in [2.05, 4.69) is 5.32 Å². The molecule has 0 aromatic rings. The Morgan fingerprint density at radius 3 is 2.00 bits per heavy atom. The normalized spacial score (nSPS) is 22.0. The number of carbonyl (C=O) groups is 1. The molecule has 2 heterocycles. The summed E-state index contributed by atoms with van der Waals surface area (Å²) in [6.07, 6.45) is 2.36. The van der Waals surface area contributed by atoms with Crippen LogP contribution in [0.2, 0.25) is 0 Å². The maximum Gasteiger partial charge on any atom is 0.320 e. The summed E-state index contributed by atoms with van der Waals surface area (Å²) >= 11 is 0. The molecule has 0 unspecified atom stereocenters. The van der Waals surface area contributed by atoms with E-state index in [-0.39, 0.29) is 18.4 Å². The van der Waals surface area contributed by atoms with Crippen molar-refractivity contribution >= 4 is 18.4 Å². The predicted molar refractivity (Wildman–Crippen MR) is 57.9 cm³/mol. The first kappa shape index (κ1) is 11.6. The number of rotatable bonds is 0. The minimum atomic E-state index is 0. The molecule has 2 amide bonds. The van der Waals surface area contributed by atoms with Crippen LogP contribution in [0.4, 0.5) is 4.79 Å². The zero-order valence-corrected chi connectivity index (χ0v) is 9.18. The highest BCUT2D eigenvalue weighted by atomic mass is 35.5. The van der Waals surface area contributed by atoms with Gasteiger partial charge < -0.3 is 15.1 Å². The molecule has 4 nitrogen and oxygen atoms in total. The molecule has 0 aliphatic carbocycles. The molecule has 2 aliphatic heterocycles. The summed E-state index contributed by atoms with van der Waals surface area (Å²) < 4.78 is 0. The molecule has 0 aromatic carbocycles. The molecule has 5 heteroatoms. The van der Waals surface area contributed by atoms with E-state index >= 15 is 0 Å². The van der Waals surface area contributed by atoms with Gasteiger partial charge >= 0.3 is 6.03 Å². The first-order valence-corrected chi connectivity index (χ1v) is 5.12. The Bertz CT molecular complexity index is 188. The van der Waals surface area contributed by atoms with Crippen LogP contribution >= 0.6 is 12.4 Å². The highest BCUT2D eigenvalue weighted by molar-refractivity contribution is 5.85. The minimum Gasteiger partial charge on any atom is -0.325 e. The van der Waals surface area contributed by atoms with Crippen molar-refractivity contribution in [1.29, 1.82) is 0 Å². The van der Waals surface area contributed by atoms with Gasteiger partial charge in [-0.25, -0.2) is 4.79 Å². The van der Waals surface area contributed by atoms with Gasteiger partial charge in [0, 0.05) is 39.3 Å². The molecule has 1 N–H and O–H groups in total. The molecule has 82 valence electrons. The van der Waals surface area contributed by atoms with Crippen molar-refractivity contribution < 1.29 is 4.79 Å². The van der Waals surface area contributed by atoms with Crippen molar-refractivity contribution in [2.24, 2.45) is 0 Å². The molecule has 0 atom stereocenters. The average molecular weight is 220 g/mol. The Kier molecular flexibility index (Phi) is 4.48. The van der Waals surface area contributed by atoms with Crippen LogP contribution in [-0.4, -0.2) is 55.1 Å². The second-order valence-electron chi connectivity index (χ2n) is 3.71. The van der Waals surface area contributed by atoms with E-state index in [1.165, 1.54) is 12.8 Å². The van der Waals surface area contributed by atoms with Gasteiger partial charge in [0.05, 0.1) is 0 Å². The van der Waals surface area contributed by atoms with Gasteiger partial charge in [0.25, 0.3) is 0 Å². The van der Waals surface area contributed by atoms with Crippen molar-refractivity contribution in [2.75, 3.05) is 39.3 Å². The standard InChI is InChI=1S/C9H17N3O.ClH/c13-9(11-5-1-2-6-11)12-7-3-10-4-8-12;/h10H,1-8H2;1H. The number of hydrogen-bond donors (Lipinski definition) is 1. The Morgan fingerprint density at radius 1 is 0.929 bits per heavy atom. The lowest BCUT2D eigenvalue weighted by Crippen LogP contribution is -2.50. The second kappa shape index (κ2) is 5.41. The Balaban J connectivity index is 0.000000980. The fourth-order valence-electron chi connectivity index (χ4n) is 1.96. The molecule has 2 fully saturated rings. The van der Waals surface area contributed by atoms with Gasteiger partial charge in [0.15, 0.2) is 0 Å². The van der Waals surface area contributed by atoms with Crippen LogP contribution in [-0.2, 0) is 0 Å². The molecule has 14 heavy (non-hydrogen) atoms. The lowest BCUT2D eigenvalue weighted by molar-refractivity contribution is 0.156. The van der Waals surface area contributed by atoms with E-state index in [1.54, 1.807) is 0 Å². The van der Waals surface area contributed by atoms with Crippen LogP contribution in [0, 0.1) is 0 Å². The second-order valence-corrected chi connectivity index (χ2v) is 3.71. The molecule has 0 radical (unpaired) electrons. The zero-order chi connectivity index (χ0) is 9.10. The minimum absolute atomic E-state index is 0. The van der Waals surface area contributed by atoms with Gasteiger partial charge in [-0.1, -0.05) is 0 Å². The fraction of sp³-hybridized carbons (Fsp3) is 0.889. The number of halogens is 1. The van der Waals surface area contributed by atoms with Gasteiger partial charge in [-0.05, 0) is 12.8 Å². The lowest BCUT2D eigenvalue weighted by atomic mass is 10.4. The molecule has 0 spiro atoms. The van der Waals surface area contributed by atoms with Crippen molar-refractivity contribution in [3.8, 4) is 0 Å². The number of urea groups is 1. The first-order valence-electron chi connectivity index (χ1n) is 5.12. The monoisotopic (exact) mass is 219 g/mol. The number of hydrogen-bond acceptors (Lipinski definition) is 2. The topological polar surface area (TPSA) is 35.6 Å². The van der Waals surface area contributed by atoms with Crippen molar-refractivity contribution in [2.45, 2.75) is 12.8 Å². The first-order chi connectivity index (χ1) is 6.38. The van der Waals surface area contributed by atoms with Crippen molar-refractivity contribution in [3.05, 3.63) is 0 Å².